The third kappa shape index (κ3) is 7.70. The van der Waals surface area contributed by atoms with Gasteiger partial charge in [-0.05, 0) is 43.4 Å². The van der Waals surface area contributed by atoms with Gasteiger partial charge in [-0.25, -0.2) is 4.98 Å². The number of benzene rings is 1. The molecule has 4 rings (SSSR count). The highest BCUT2D eigenvalue weighted by atomic mass is 35.5. The Morgan fingerprint density at radius 2 is 1.89 bits per heavy atom. The fourth-order valence-corrected chi connectivity index (χ4v) is 4.74. The van der Waals surface area contributed by atoms with Crippen LogP contribution in [0.25, 0.3) is 0 Å². The molecule has 2 aromatic rings. The number of anilines is 1. The second-order valence-electron chi connectivity index (χ2n) is 9.13. The minimum atomic E-state index is -0.728. The van der Waals surface area contributed by atoms with Crippen LogP contribution in [0.3, 0.4) is 0 Å². The average Bonchev–Trinajstić information content (AvgIpc) is 2.88. The molecule has 2 aliphatic heterocycles. The third-order valence-electron chi connectivity index (χ3n) is 6.77. The molecule has 1 aromatic heterocycles. The molecule has 2 amide bonds. The van der Waals surface area contributed by atoms with Crippen LogP contribution in [0, 0.1) is 0 Å². The fourth-order valence-electron chi connectivity index (χ4n) is 4.74. The van der Waals surface area contributed by atoms with Crippen LogP contribution in [0.2, 0.25) is 0 Å². The predicted molar refractivity (Wildman–Crippen MR) is 148 cm³/mol. The largest absolute Gasteiger partial charge is 0.489 e. The highest BCUT2D eigenvalue weighted by Gasteiger charge is 2.27. The van der Waals surface area contributed by atoms with Gasteiger partial charge in [-0.15, -0.1) is 24.8 Å². The topological polar surface area (TPSA) is 116 Å². The molecule has 3 heterocycles. The smallest absolute Gasteiger partial charge is 0.255 e. The minimum Gasteiger partial charge on any atom is -0.489 e. The Labute approximate surface area is 230 Å². The van der Waals surface area contributed by atoms with Crippen molar-refractivity contribution in [1.29, 1.82) is 0 Å². The highest BCUT2D eigenvalue weighted by Crippen LogP contribution is 2.29. The van der Waals surface area contributed by atoms with Gasteiger partial charge in [0.1, 0.15) is 0 Å². The van der Waals surface area contributed by atoms with Crippen LogP contribution in [0.15, 0.2) is 36.5 Å². The van der Waals surface area contributed by atoms with E-state index in [2.05, 4.69) is 33.1 Å². The SMILES string of the molecule is CCOc1c(C(=O)NC[C@@H](O)[C@@H]2Cc3ccccc3CN2)ccnc1NC1CCN(C(C)=O)CC1.Cl.Cl. The second-order valence-corrected chi connectivity index (χ2v) is 9.13. The van der Waals surface area contributed by atoms with Gasteiger partial charge >= 0.3 is 0 Å². The van der Waals surface area contributed by atoms with E-state index in [1.807, 2.05) is 24.0 Å². The maximum Gasteiger partial charge on any atom is 0.255 e. The van der Waals surface area contributed by atoms with Crippen LogP contribution >= 0.6 is 24.8 Å². The lowest BCUT2D eigenvalue weighted by atomic mass is 9.93. The number of piperidine rings is 1. The first-order valence-corrected chi connectivity index (χ1v) is 12.4. The molecule has 1 fully saturated rings. The predicted octanol–water partition coefficient (Wildman–Crippen LogP) is 2.55. The summed E-state index contributed by atoms with van der Waals surface area (Å²) in [7, 11) is 0. The maximum absolute atomic E-state index is 13.1. The summed E-state index contributed by atoms with van der Waals surface area (Å²) in [4.78, 5) is 30.9. The number of rotatable bonds is 8. The van der Waals surface area contributed by atoms with Crippen LogP contribution in [0.4, 0.5) is 5.82 Å². The van der Waals surface area contributed by atoms with Crippen molar-refractivity contribution in [3.8, 4) is 5.75 Å². The molecular weight excluding hydrogens is 517 g/mol. The molecule has 2 atom stereocenters. The molecule has 0 aliphatic carbocycles. The Hall–Kier alpha value is -2.59. The first-order chi connectivity index (χ1) is 17.0. The zero-order valence-corrected chi connectivity index (χ0v) is 22.9. The van der Waals surface area contributed by atoms with E-state index in [1.165, 1.54) is 11.1 Å². The van der Waals surface area contributed by atoms with Gasteiger partial charge < -0.3 is 30.7 Å². The number of amides is 2. The number of hydrogen-bond acceptors (Lipinski definition) is 7. The van der Waals surface area contributed by atoms with E-state index in [4.69, 9.17) is 4.74 Å². The van der Waals surface area contributed by atoms with E-state index in [0.717, 1.165) is 12.8 Å². The Bertz CT molecular complexity index is 1050. The number of likely N-dealkylation sites (tertiary alicyclic amines) is 1. The lowest BCUT2D eigenvalue weighted by Crippen LogP contribution is -2.49. The van der Waals surface area contributed by atoms with Crippen molar-refractivity contribution >= 4 is 42.4 Å². The quantitative estimate of drug-likeness (QED) is 0.397. The third-order valence-corrected chi connectivity index (χ3v) is 6.77. The lowest BCUT2D eigenvalue weighted by molar-refractivity contribution is -0.129. The summed E-state index contributed by atoms with van der Waals surface area (Å²) in [6.07, 6.45) is 3.16. The fraction of sp³-hybridized carbons (Fsp3) is 0.500. The molecule has 0 bridgehead atoms. The molecule has 11 heteroatoms. The summed E-state index contributed by atoms with van der Waals surface area (Å²) in [6.45, 7) is 6.04. The van der Waals surface area contributed by atoms with Crippen LogP contribution in [0.5, 0.6) is 5.75 Å². The molecule has 2 aliphatic rings. The van der Waals surface area contributed by atoms with Crippen LogP contribution < -0.4 is 20.7 Å². The number of carbonyl (C=O) groups is 2. The molecule has 0 saturated carbocycles. The standard InChI is InChI=1S/C26H35N5O4.2ClH/c1-3-35-24-21(8-11-27-25(24)30-20-9-12-31(13-10-20)17(2)32)26(34)29-16-23(33)22-14-18-6-4-5-7-19(18)15-28-22;;/h4-8,11,20,22-23,28,33H,3,9-10,12-16H2,1-2H3,(H,27,30)(H,29,34);2*1H/t22-,23+;;/m0../s1. The van der Waals surface area contributed by atoms with E-state index in [0.29, 0.717) is 49.8 Å². The Balaban J connectivity index is 0.00000241. The monoisotopic (exact) mass is 553 g/mol. The van der Waals surface area contributed by atoms with Gasteiger partial charge in [0.25, 0.3) is 5.91 Å². The zero-order valence-electron chi connectivity index (χ0n) is 21.2. The molecule has 4 N–H and O–H groups in total. The van der Waals surface area contributed by atoms with Gasteiger partial charge in [-0.3, -0.25) is 9.59 Å². The number of aliphatic hydroxyl groups is 1. The summed E-state index contributed by atoms with van der Waals surface area (Å²) in [5, 5.41) is 20.4. The number of halogens is 2. The molecule has 37 heavy (non-hydrogen) atoms. The van der Waals surface area contributed by atoms with Crippen molar-refractivity contribution in [2.45, 2.75) is 57.8 Å². The van der Waals surface area contributed by atoms with Crippen LogP contribution in [-0.2, 0) is 17.8 Å². The van der Waals surface area contributed by atoms with Crippen LogP contribution in [0.1, 0.15) is 48.2 Å². The van der Waals surface area contributed by atoms with E-state index in [-0.39, 0.29) is 55.3 Å². The normalized spacial score (nSPS) is 17.9. The second kappa shape index (κ2) is 14.4. The molecule has 1 aromatic carbocycles. The van der Waals surface area contributed by atoms with Crippen molar-refractivity contribution in [2.24, 2.45) is 0 Å². The summed E-state index contributed by atoms with van der Waals surface area (Å²) >= 11 is 0. The molecule has 0 spiro atoms. The van der Waals surface area contributed by atoms with Crippen molar-refractivity contribution in [3.05, 3.63) is 53.2 Å². The van der Waals surface area contributed by atoms with Crippen molar-refractivity contribution in [3.63, 3.8) is 0 Å². The van der Waals surface area contributed by atoms with E-state index in [1.54, 1.807) is 19.2 Å². The van der Waals surface area contributed by atoms with Gasteiger partial charge in [-0.1, -0.05) is 24.3 Å². The molecule has 0 unspecified atom stereocenters. The average molecular weight is 555 g/mol. The number of ether oxygens (including phenoxy) is 1. The number of fused-ring (bicyclic) bond motifs is 1. The van der Waals surface area contributed by atoms with Gasteiger partial charge in [0.15, 0.2) is 11.6 Å². The Morgan fingerprint density at radius 3 is 2.57 bits per heavy atom. The van der Waals surface area contributed by atoms with E-state index >= 15 is 0 Å². The van der Waals surface area contributed by atoms with Gasteiger partial charge in [0.2, 0.25) is 5.91 Å². The number of carbonyl (C=O) groups excluding carboxylic acids is 2. The number of aromatic nitrogens is 1. The molecular formula is C26H37Cl2N5O4. The molecule has 9 nitrogen and oxygen atoms in total. The van der Waals surface area contributed by atoms with Crippen molar-refractivity contribution < 1.29 is 19.4 Å². The van der Waals surface area contributed by atoms with Gasteiger partial charge in [0, 0.05) is 51.4 Å². The van der Waals surface area contributed by atoms with E-state index in [9.17, 15) is 14.7 Å². The number of nitrogens with zero attached hydrogens (tertiary/aromatic N) is 2. The van der Waals surface area contributed by atoms with Crippen LogP contribution in [-0.4, -0.2) is 71.2 Å². The highest BCUT2D eigenvalue weighted by molar-refractivity contribution is 5.98. The van der Waals surface area contributed by atoms with E-state index < -0.39 is 6.10 Å². The number of aliphatic hydroxyl groups excluding tert-OH is 1. The number of hydrogen-bond donors (Lipinski definition) is 4. The first-order valence-electron chi connectivity index (χ1n) is 12.4. The van der Waals surface area contributed by atoms with Gasteiger partial charge in [0.05, 0.1) is 18.3 Å². The van der Waals surface area contributed by atoms with Crippen molar-refractivity contribution in [2.75, 3.05) is 31.6 Å². The van der Waals surface area contributed by atoms with Crippen molar-refractivity contribution in [1.82, 2.24) is 20.5 Å². The summed E-state index contributed by atoms with van der Waals surface area (Å²) in [5.41, 5.74) is 2.84. The lowest BCUT2D eigenvalue weighted by Gasteiger charge is -2.32. The van der Waals surface area contributed by atoms with Gasteiger partial charge in [-0.2, -0.15) is 0 Å². The number of pyridine rings is 1. The summed E-state index contributed by atoms with van der Waals surface area (Å²) in [6, 6.07) is 9.82. The summed E-state index contributed by atoms with van der Waals surface area (Å²) < 4.78 is 5.83. The zero-order chi connectivity index (χ0) is 24.8. The first kappa shape index (κ1) is 30.6. The molecule has 204 valence electrons. The Kier molecular flexibility index (Phi) is 11.9. The Morgan fingerprint density at radius 1 is 1.19 bits per heavy atom. The molecule has 0 radical (unpaired) electrons. The minimum absolute atomic E-state index is 0. The maximum atomic E-state index is 13.1. The summed E-state index contributed by atoms with van der Waals surface area (Å²) in [5.74, 6) is 0.693. The number of nitrogens with one attached hydrogen (secondary N) is 3. The molecule has 1 saturated heterocycles.